The van der Waals surface area contributed by atoms with Gasteiger partial charge in [0, 0.05) is 17.8 Å². The van der Waals surface area contributed by atoms with Crippen LogP contribution in [0.2, 0.25) is 0 Å². The molecule has 0 saturated heterocycles. The van der Waals surface area contributed by atoms with Gasteiger partial charge in [0.25, 0.3) is 0 Å². The smallest absolute Gasteiger partial charge is 0.124 e. The second-order valence-electron chi connectivity index (χ2n) is 5.27. The van der Waals surface area contributed by atoms with E-state index in [0.29, 0.717) is 5.56 Å². The quantitative estimate of drug-likeness (QED) is 0.614. The summed E-state index contributed by atoms with van der Waals surface area (Å²) in [6.45, 7) is 0.887. The molecule has 2 nitrogen and oxygen atoms in total. The van der Waals surface area contributed by atoms with Crippen LogP contribution in [-0.2, 0) is 0 Å². The monoisotopic (exact) mass is 280 g/mol. The third kappa shape index (κ3) is 4.16. The van der Waals surface area contributed by atoms with Gasteiger partial charge in [-0.05, 0) is 37.0 Å². The molecule has 1 fully saturated rings. The highest BCUT2D eigenvalue weighted by Gasteiger charge is 2.14. The van der Waals surface area contributed by atoms with Crippen molar-refractivity contribution in [1.29, 1.82) is 0 Å². The normalized spacial score (nSPS) is 15.6. The average molecular weight is 280 g/mol. The molecule has 0 aromatic heterocycles. The van der Waals surface area contributed by atoms with Crippen molar-refractivity contribution in [2.24, 2.45) is 11.7 Å². The fraction of sp³-hybridized carbons (Fsp3) is 0.533. The molecule has 1 aromatic rings. The summed E-state index contributed by atoms with van der Waals surface area (Å²) in [6, 6.07) is 4.53. The second-order valence-corrected chi connectivity index (χ2v) is 5.71. The van der Waals surface area contributed by atoms with E-state index in [1.54, 1.807) is 6.07 Å². The van der Waals surface area contributed by atoms with Crippen molar-refractivity contribution in [1.82, 2.24) is 0 Å². The molecule has 0 amide bonds. The number of nitrogens with two attached hydrogens (primary N) is 1. The van der Waals surface area contributed by atoms with Gasteiger partial charge in [-0.1, -0.05) is 37.9 Å². The van der Waals surface area contributed by atoms with E-state index in [-0.39, 0.29) is 10.8 Å². The van der Waals surface area contributed by atoms with E-state index in [4.69, 9.17) is 18.0 Å². The van der Waals surface area contributed by atoms with E-state index >= 15 is 0 Å². The largest absolute Gasteiger partial charge is 0.389 e. The van der Waals surface area contributed by atoms with Gasteiger partial charge in [0.05, 0.1) is 0 Å². The van der Waals surface area contributed by atoms with Crippen LogP contribution in [0.15, 0.2) is 18.2 Å². The van der Waals surface area contributed by atoms with Crippen LogP contribution in [0.5, 0.6) is 0 Å². The number of anilines is 1. The highest BCUT2D eigenvalue weighted by molar-refractivity contribution is 7.80. The Morgan fingerprint density at radius 1 is 1.37 bits per heavy atom. The molecule has 0 spiro atoms. The van der Waals surface area contributed by atoms with Crippen molar-refractivity contribution in [3.63, 3.8) is 0 Å². The Hall–Kier alpha value is -1.16. The molecular formula is C15H21FN2S. The Morgan fingerprint density at radius 2 is 2.11 bits per heavy atom. The summed E-state index contributed by atoms with van der Waals surface area (Å²) in [5.74, 6) is 0.601. The van der Waals surface area contributed by atoms with E-state index < -0.39 is 0 Å². The fourth-order valence-electron chi connectivity index (χ4n) is 2.79. The van der Waals surface area contributed by atoms with E-state index in [1.807, 2.05) is 0 Å². The lowest BCUT2D eigenvalue weighted by molar-refractivity contribution is 0.491. The average Bonchev–Trinajstić information content (AvgIpc) is 2.89. The second kappa shape index (κ2) is 6.85. The van der Waals surface area contributed by atoms with Crippen LogP contribution in [0.1, 0.15) is 44.1 Å². The van der Waals surface area contributed by atoms with E-state index in [2.05, 4.69) is 5.32 Å². The SMILES string of the molecule is NC(=S)c1cc(F)ccc1NCCCC1CCCC1. The van der Waals surface area contributed by atoms with Crippen LogP contribution >= 0.6 is 12.2 Å². The van der Waals surface area contributed by atoms with Crippen LogP contribution in [0.4, 0.5) is 10.1 Å². The predicted molar refractivity (Wildman–Crippen MR) is 82.0 cm³/mol. The molecule has 0 unspecified atom stereocenters. The number of hydrogen-bond donors (Lipinski definition) is 2. The van der Waals surface area contributed by atoms with Gasteiger partial charge in [-0.3, -0.25) is 0 Å². The first-order chi connectivity index (χ1) is 9.16. The fourth-order valence-corrected chi connectivity index (χ4v) is 2.96. The molecule has 0 aliphatic heterocycles. The summed E-state index contributed by atoms with van der Waals surface area (Å²) in [5, 5.41) is 3.31. The third-order valence-electron chi connectivity index (χ3n) is 3.83. The molecule has 3 N–H and O–H groups in total. The van der Waals surface area contributed by atoms with Gasteiger partial charge in [0.2, 0.25) is 0 Å². The first kappa shape index (κ1) is 14.3. The van der Waals surface area contributed by atoms with Crippen molar-refractivity contribution in [2.75, 3.05) is 11.9 Å². The minimum absolute atomic E-state index is 0.234. The van der Waals surface area contributed by atoms with Crippen LogP contribution in [-0.4, -0.2) is 11.5 Å². The molecule has 1 aliphatic carbocycles. The summed E-state index contributed by atoms with van der Waals surface area (Å²) in [6.07, 6.45) is 7.96. The number of halogens is 1. The van der Waals surface area contributed by atoms with Crippen LogP contribution in [0.3, 0.4) is 0 Å². The number of thiocarbonyl (C=S) groups is 1. The number of nitrogens with one attached hydrogen (secondary N) is 1. The topological polar surface area (TPSA) is 38.0 Å². The molecule has 2 rings (SSSR count). The maximum Gasteiger partial charge on any atom is 0.124 e. The number of rotatable bonds is 6. The zero-order valence-corrected chi connectivity index (χ0v) is 11.9. The summed E-state index contributed by atoms with van der Waals surface area (Å²) >= 11 is 4.95. The molecule has 0 bridgehead atoms. The minimum Gasteiger partial charge on any atom is -0.389 e. The standard InChI is InChI=1S/C15H21FN2S/c16-12-7-8-14(13(10-12)15(17)19)18-9-3-6-11-4-1-2-5-11/h7-8,10-11,18H,1-6,9H2,(H2,17,19). The Balaban J connectivity index is 1.83. The van der Waals surface area contributed by atoms with Crippen LogP contribution < -0.4 is 11.1 Å². The molecule has 1 saturated carbocycles. The lowest BCUT2D eigenvalue weighted by atomic mass is 10.0. The minimum atomic E-state index is -0.306. The Kier molecular flexibility index (Phi) is 5.14. The zero-order chi connectivity index (χ0) is 13.7. The van der Waals surface area contributed by atoms with Crippen molar-refractivity contribution in [2.45, 2.75) is 38.5 Å². The van der Waals surface area contributed by atoms with Gasteiger partial charge in [0.1, 0.15) is 10.8 Å². The van der Waals surface area contributed by atoms with E-state index in [9.17, 15) is 4.39 Å². The highest BCUT2D eigenvalue weighted by atomic mass is 32.1. The first-order valence-electron chi connectivity index (χ1n) is 7.00. The lowest BCUT2D eigenvalue weighted by Crippen LogP contribution is -2.14. The summed E-state index contributed by atoms with van der Waals surface area (Å²) in [5.41, 5.74) is 7.04. The summed E-state index contributed by atoms with van der Waals surface area (Å²) in [7, 11) is 0. The first-order valence-corrected chi connectivity index (χ1v) is 7.41. The van der Waals surface area contributed by atoms with Gasteiger partial charge in [-0.15, -0.1) is 0 Å². The van der Waals surface area contributed by atoms with Gasteiger partial charge in [0.15, 0.2) is 0 Å². The maximum absolute atomic E-state index is 13.2. The molecule has 1 aromatic carbocycles. The molecule has 104 valence electrons. The summed E-state index contributed by atoms with van der Waals surface area (Å²) < 4.78 is 13.2. The van der Waals surface area contributed by atoms with Crippen LogP contribution in [0, 0.1) is 11.7 Å². The van der Waals surface area contributed by atoms with Crippen molar-refractivity contribution >= 4 is 22.9 Å². The Bertz CT molecular complexity index is 442. The number of hydrogen-bond acceptors (Lipinski definition) is 2. The predicted octanol–water partition coefficient (Wildman–Crippen LogP) is 3.84. The third-order valence-corrected chi connectivity index (χ3v) is 4.05. The Morgan fingerprint density at radius 3 is 2.79 bits per heavy atom. The molecule has 0 heterocycles. The summed E-state index contributed by atoms with van der Waals surface area (Å²) in [4.78, 5) is 0.234. The van der Waals surface area contributed by atoms with Gasteiger partial charge in [-0.2, -0.15) is 0 Å². The van der Waals surface area contributed by atoms with Crippen molar-refractivity contribution < 1.29 is 4.39 Å². The maximum atomic E-state index is 13.2. The van der Waals surface area contributed by atoms with Crippen LogP contribution in [0.25, 0.3) is 0 Å². The molecule has 0 radical (unpaired) electrons. The van der Waals surface area contributed by atoms with Gasteiger partial charge >= 0.3 is 0 Å². The molecule has 4 heteroatoms. The molecule has 0 atom stereocenters. The molecular weight excluding hydrogens is 259 g/mol. The van der Waals surface area contributed by atoms with Gasteiger partial charge in [-0.25, -0.2) is 4.39 Å². The number of benzene rings is 1. The van der Waals surface area contributed by atoms with Gasteiger partial charge < -0.3 is 11.1 Å². The molecule has 19 heavy (non-hydrogen) atoms. The van der Waals surface area contributed by atoms with Crippen molar-refractivity contribution in [3.05, 3.63) is 29.6 Å². The highest BCUT2D eigenvalue weighted by Crippen LogP contribution is 2.28. The lowest BCUT2D eigenvalue weighted by Gasteiger charge is -2.13. The zero-order valence-electron chi connectivity index (χ0n) is 11.1. The van der Waals surface area contributed by atoms with E-state index in [1.165, 1.54) is 44.2 Å². The van der Waals surface area contributed by atoms with E-state index in [0.717, 1.165) is 24.6 Å². The Labute approximate surface area is 119 Å². The van der Waals surface area contributed by atoms with Crippen molar-refractivity contribution in [3.8, 4) is 0 Å². The molecule has 1 aliphatic rings.